The molecule has 0 heterocycles. The summed E-state index contributed by atoms with van der Waals surface area (Å²) in [5.41, 5.74) is 4.24. The zero-order valence-electron chi connectivity index (χ0n) is 15.0. The summed E-state index contributed by atoms with van der Waals surface area (Å²) in [5, 5.41) is 3.73. The molecule has 1 heteroatoms. The molecule has 1 rings (SSSR count). The smallest absolute Gasteiger partial charge is 0.0377 e. The highest BCUT2D eigenvalue weighted by Crippen LogP contribution is 2.29. The van der Waals surface area contributed by atoms with Gasteiger partial charge in [-0.1, -0.05) is 72.4 Å². The Labute approximate surface area is 132 Å². The normalized spacial score (nSPS) is 13.0. The highest BCUT2D eigenvalue weighted by Gasteiger charge is 2.11. The van der Waals surface area contributed by atoms with E-state index in [0.717, 1.165) is 0 Å². The summed E-state index contributed by atoms with van der Waals surface area (Å²) >= 11 is 0. The lowest BCUT2D eigenvalue weighted by Gasteiger charge is -2.21. The molecule has 0 bridgehead atoms. The summed E-state index contributed by atoms with van der Waals surface area (Å²) in [5.74, 6) is 1.17. The standard InChI is InChI=1S/C20H35N/c1-7-8-9-10-11-17(6)21-20-13-12-18(15(2)3)14-19(20)16(4)5/h12-17,21H,7-11H2,1-6H3. The molecular weight excluding hydrogens is 254 g/mol. The third kappa shape index (κ3) is 6.11. The summed E-state index contributed by atoms with van der Waals surface area (Å²) < 4.78 is 0. The van der Waals surface area contributed by atoms with Gasteiger partial charge in [-0.25, -0.2) is 0 Å². The van der Waals surface area contributed by atoms with Crippen molar-refractivity contribution in [2.45, 2.75) is 91.5 Å². The Kier molecular flexibility index (Phi) is 7.85. The first-order chi connectivity index (χ1) is 9.95. The molecule has 1 N–H and O–H groups in total. The van der Waals surface area contributed by atoms with E-state index in [4.69, 9.17) is 0 Å². The van der Waals surface area contributed by atoms with Crippen molar-refractivity contribution in [3.8, 4) is 0 Å². The van der Waals surface area contributed by atoms with Crippen molar-refractivity contribution >= 4 is 5.69 Å². The van der Waals surface area contributed by atoms with Gasteiger partial charge in [-0.15, -0.1) is 0 Å². The Morgan fingerprint density at radius 2 is 1.62 bits per heavy atom. The van der Waals surface area contributed by atoms with Gasteiger partial charge in [-0.3, -0.25) is 0 Å². The van der Waals surface area contributed by atoms with Gasteiger partial charge in [-0.05, 0) is 42.4 Å². The van der Waals surface area contributed by atoms with E-state index < -0.39 is 0 Å². The lowest BCUT2D eigenvalue weighted by atomic mass is 9.94. The van der Waals surface area contributed by atoms with E-state index in [1.807, 2.05) is 0 Å². The van der Waals surface area contributed by atoms with Gasteiger partial charge in [0.1, 0.15) is 0 Å². The average molecular weight is 290 g/mol. The molecular formula is C20H35N. The van der Waals surface area contributed by atoms with Crippen molar-refractivity contribution in [3.63, 3.8) is 0 Å². The maximum absolute atomic E-state index is 3.73. The highest BCUT2D eigenvalue weighted by atomic mass is 14.9. The molecule has 0 aliphatic heterocycles. The predicted molar refractivity (Wildman–Crippen MR) is 96.5 cm³/mol. The molecule has 1 aromatic rings. The molecule has 120 valence electrons. The average Bonchev–Trinajstić information content (AvgIpc) is 2.43. The minimum atomic E-state index is 0.559. The molecule has 0 radical (unpaired) electrons. The maximum atomic E-state index is 3.73. The molecule has 0 saturated heterocycles. The number of unbranched alkanes of at least 4 members (excludes halogenated alkanes) is 3. The van der Waals surface area contributed by atoms with Crippen LogP contribution in [0.15, 0.2) is 18.2 Å². The fraction of sp³-hybridized carbons (Fsp3) is 0.700. The first kappa shape index (κ1) is 18.1. The second-order valence-electron chi connectivity index (χ2n) is 7.05. The van der Waals surface area contributed by atoms with Crippen molar-refractivity contribution in [2.75, 3.05) is 5.32 Å². The minimum absolute atomic E-state index is 0.559. The first-order valence-corrected chi connectivity index (χ1v) is 8.86. The third-order valence-electron chi connectivity index (χ3n) is 4.26. The summed E-state index contributed by atoms with van der Waals surface area (Å²) in [6, 6.07) is 7.52. The van der Waals surface area contributed by atoms with E-state index >= 15 is 0 Å². The van der Waals surface area contributed by atoms with Crippen molar-refractivity contribution in [1.82, 2.24) is 0 Å². The van der Waals surface area contributed by atoms with E-state index in [2.05, 4.69) is 65.1 Å². The van der Waals surface area contributed by atoms with Crippen LogP contribution in [0, 0.1) is 0 Å². The first-order valence-electron chi connectivity index (χ1n) is 8.86. The summed E-state index contributed by atoms with van der Waals surface area (Å²) in [6.07, 6.45) is 6.65. The molecule has 0 amide bonds. The van der Waals surface area contributed by atoms with Crippen LogP contribution in [-0.4, -0.2) is 6.04 Å². The number of anilines is 1. The van der Waals surface area contributed by atoms with Crippen LogP contribution in [0.2, 0.25) is 0 Å². The fourth-order valence-corrected chi connectivity index (χ4v) is 2.76. The van der Waals surface area contributed by atoms with Crippen LogP contribution in [0.1, 0.15) is 96.6 Å². The number of hydrogen-bond donors (Lipinski definition) is 1. The topological polar surface area (TPSA) is 12.0 Å². The molecule has 0 spiro atoms. The second-order valence-corrected chi connectivity index (χ2v) is 7.05. The third-order valence-corrected chi connectivity index (χ3v) is 4.26. The van der Waals surface area contributed by atoms with Gasteiger partial charge < -0.3 is 5.32 Å². The Morgan fingerprint density at radius 1 is 0.905 bits per heavy atom. The fourth-order valence-electron chi connectivity index (χ4n) is 2.76. The SMILES string of the molecule is CCCCCCC(C)Nc1ccc(C(C)C)cc1C(C)C. The Hall–Kier alpha value is -0.980. The molecule has 0 aliphatic carbocycles. The molecule has 21 heavy (non-hydrogen) atoms. The molecule has 0 saturated carbocycles. The van der Waals surface area contributed by atoms with Crippen LogP contribution in [-0.2, 0) is 0 Å². The van der Waals surface area contributed by atoms with Gasteiger partial charge in [-0.2, -0.15) is 0 Å². The monoisotopic (exact) mass is 289 g/mol. The lowest BCUT2D eigenvalue weighted by molar-refractivity contribution is 0.593. The molecule has 1 aromatic carbocycles. The van der Waals surface area contributed by atoms with Crippen LogP contribution in [0.25, 0.3) is 0 Å². The van der Waals surface area contributed by atoms with Crippen LogP contribution in [0.5, 0.6) is 0 Å². The summed E-state index contributed by atoms with van der Waals surface area (Å²) in [7, 11) is 0. The highest BCUT2D eigenvalue weighted by molar-refractivity contribution is 5.55. The van der Waals surface area contributed by atoms with Crippen LogP contribution in [0.4, 0.5) is 5.69 Å². The van der Waals surface area contributed by atoms with Crippen molar-refractivity contribution in [2.24, 2.45) is 0 Å². The van der Waals surface area contributed by atoms with Crippen LogP contribution >= 0.6 is 0 Å². The van der Waals surface area contributed by atoms with Crippen LogP contribution in [0.3, 0.4) is 0 Å². The van der Waals surface area contributed by atoms with Gasteiger partial charge in [0.25, 0.3) is 0 Å². The molecule has 1 unspecified atom stereocenters. The molecule has 0 aliphatic rings. The Bertz CT molecular complexity index is 406. The molecule has 0 fully saturated rings. The van der Waals surface area contributed by atoms with E-state index in [9.17, 15) is 0 Å². The van der Waals surface area contributed by atoms with E-state index in [-0.39, 0.29) is 0 Å². The number of hydrogen-bond acceptors (Lipinski definition) is 1. The van der Waals surface area contributed by atoms with Gasteiger partial charge in [0.15, 0.2) is 0 Å². The van der Waals surface area contributed by atoms with Crippen LogP contribution < -0.4 is 5.32 Å². The number of benzene rings is 1. The van der Waals surface area contributed by atoms with Gasteiger partial charge in [0.2, 0.25) is 0 Å². The van der Waals surface area contributed by atoms with Gasteiger partial charge in [0, 0.05) is 11.7 Å². The van der Waals surface area contributed by atoms with Gasteiger partial charge >= 0.3 is 0 Å². The lowest BCUT2D eigenvalue weighted by Crippen LogP contribution is -2.16. The van der Waals surface area contributed by atoms with E-state index in [1.54, 1.807) is 0 Å². The van der Waals surface area contributed by atoms with E-state index in [0.29, 0.717) is 17.9 Å². The summed E-state index contributed by atoms with van der Waals surface area (Å²) in [4.78, 5) is 0. The van der Waals surface area contributed by atoms with E-state index in [1.165, 1.54) is 48.9 Å². The molecule has 1 nitrogen and oxygen atoms in total. The summed E-state index contributed by atoms with van der Waals surface area (Å²) in [6.45, 7) is 13.7. The van der Waals surface area contributed by atoms with Gasteiger partial charge in [0.05, 0.1) is 0 Å². The maximum Gasteiger partial charge on any atom is 0.0377 e. The Morgan fingerprint density at radius 3 is 2.19 bits per heavy atom. The van der Waals surface area contributed by atoms with Crippen molar-refractivity contribution < 1.29 is 0 Å². The second kappa shape index (κ2) is 9.12. The predicted octanol–water partition coefficient (Wildman–Crippen LogP) is 6.70. The Balaban J connectivity index is 2.69. The minimum Gasteiger partial charge on any atom is -0.382 e. The molecule has 1 atom stereocenters. The zero-order valence-corrected chi connectivity index (χ0v) is 15.0. The zero-order chi connectivity index (χ0) is 15.8. The van der Waals surface area contributed by atoms with Crippen molar-refractivity contribution in [3.05, 3.63) is 29.3 Å². The largest absolute Gasteiger partial charge is 0.382 e. The number of rotatable bonds is 9. The number of nitrogens with one attached hydrogen (secondary N) is 1. The van der Waals surface area contributed by atoms with Crippen molar-refractivity contribution in [1.29, 1.82) is 0 Å². The quantitative estimate of drug-likeness (QED) is 0.498. The molecule has 0 aromatic heterocycles.